The largest absolute Gasteiger partial charge is 0.507 e. The van der Waals surface area contributed by atoms with Crippen LogP contribution in [0, 0.1) is 5.92 Å². The number of carboxylic acids is 1. The number of aryl methyl sites for hydroxylation is 1. The van der Waals surface area contributed by atoms with Crippen LogP contribution in [0.4, 0.5) is 0 Å². The van der Waals surface area contributed by atoms with E-state index in [1.165, 1.54) is 6.07 Å². The van der Waals surface area contributed by atoms with Gasteiger partial charge in [-0.1, -0.05) is 39.3 Å². The molecule has 0 saturated heterocycles. The lowest BCUT2D eigenvalue weighted by atomic mass is 9.98. The number of benzene rings is 2. The first-order valence-electron chi connectivity index (χ1n) is 10.5. The van der Waals surface area contributed by atoms with Crippen molar-refractivity contribution in [2.75, 3.05) is 6.61 Å². The highest BCUT2D eigenvalue weighted by atomic mass is 16.5. The van der Waals surface area contributed by atoms with Crippen LogP contribution in [0.15, 0.2) is 24.3 Å². The van der Waals surface area contributed by atoms with Crippen molar-refractivity contribution in [2.24, 2.45) is 5.92 Å². The van der Waals surface area contributed by atoms with Gasteiger partial charge < -0.3 is 25.2 Å². The third kappa shape index (κ3) is 5.81. The van der Waals surface area contributed by atoms with E-state index in [2.05, 4.69) is 13.8 Å². The van der Waals surface area contributed by atoms with Crippen LogP contribution in [0.2, 0.25) is 0 Å². The molecule has 4 N–H and O–H groups in total. The van der Waals surface area contributed by atoms with Gasteiger partial charge in [-0.2, -0.15) is 0 Å². The number of ether oxygens (including phenoxy) is 1. The van der Waals surface area contributed by atoms with Gasteiger partial charge in [0.2, 0.25) is 0 Å². The zero-order valence-electron chi connectivity index (χ0n) is 17.9. The minimum atomic E-state index is -1.17. The summed E-state index contributed by atoms with van der Waals surface area (Å²) in [5.74, 6) is -0.593. The molecule has 0 heterocycles. The van der Waals surface area contributed by atoms with Crippen molar-refractivity contribution < 1.29 is 30.0 Å². The van der Waals surface area contributed by atoms with Gasteiger partial charge >= 0.3 is 5.97 Å². The van der Waals surface area contributed by atoms with E-state index < -0.39 is 5.97 Å². The van der Waals surface area contributed by atoms with E-state index in [0.29, 0.717) is 55.1 Å². The van der Waals surface area contributed by atoms with Crippen molar-refractivity contribution >= 4 is 5.97 Å². The Labute approximate surface area is 177 Å². The molecule has 0 aliphatic rings. The van der Waals surface area contributed by atoms with Gasteiger partial charge in [0.1, 0.15) is 17.1 Å². The number of hydrogen-bond acceptors (Lipinski definition) is 5. The van der Waals surface area contributed by atoms with Crippen LogP contribution in [-0.4, -0.2) is 33.0 Å². The number of rotatable bonds is 11. The van der Waals surface area contributed by atoms with Gasteiger partial charge in [-0.25, -0.2) is 4.79 Å². The quantitative estimate of drug-likeness (QED) is 0.301. The number of phenolic OH excluding ortho intramolecular Hbond substituents is 2. The summed E-state index contributed by atoms with van der Waals surface area (Å²) in [5.41, 5.74) is 1.85. The zero-order valence-corrected chi connectivity index (χ0v) is 17.9. The molecule has 6 heteroatoms. The fraction of sp³-hybridized carbons (Fsp3) is 0.458. The summed E-state index contributed by atoms with van der Waals surface area (Å²) in [6.45, 7) is 6.47. The first kappa shape index (κ1) is 23.4. The summed E-state index contributed by atoms with van der Waals surface area (Å²) < 4.78 is 5.80. The monoisotopic (exact) mass is 416 g/mol. The second kappa shape index (κ2) is 10.8. The third-order valence-corrected chi connectivity index (χ3v) is 5.01. The van der Waals surface area contributed by atoms with Crippen LogP contribution < -0.4 is 4.74 Å². The summed E-state index contributed by atoms with van der Waals surface area (Å²) in [7, 11) is 0. The van der Waals surface area contributed by atoms with E-state index in [4.69, 9.17) is 9.84 Å². The molecule has 6 nitrogen and oxygen atoms in total. The number of aromatic hydroxyl groups is 3. The van der Waals surface area contributed by atoms with Crippen LogP contribution in [0.1, 0.15) is 67.1 Å². The van der Waals surface area contributed by atoms with Gasteiger partial charge in [0.05, 0.1) is 6.61 Å². The van der Waals surface area contributed by atoms with E-state index in [1.54, 1.807) is 6.07 Å². The van der Waals surface area contributed by atoms with E-state index >= 15 is 0 Å². The number of phenols is 3. The first-order valence-corrected chi connectivity index (χ1v) is 10.5. The number of carbonyl (C=O) groups is 1. The average molecular weight is 417 g/mol. The molecule has 0 saturated carbocycles. The predicted octanol–water partition coefficient (Wildman–Crippen LogP) is 5.05. The van der Waals surface area contributed by atoms with E-state index in [0.717, 1.165) is 18.4 Å². The van der Waals surface area contributed by atoms with Gasteiger partial charge in [-0.3, -0.25) is 0 Å². The van der Waals surface area contributed by atoms with Crippen LogP contribution >= 0.6 is 0 Å². The van der Waals surface area contributed by atoms with Crippen molar-refractivity contribution in [1.82, 2.24) is 0 Å². The van der Waals surface area contributed by atoms with Gasteiger partial charge in [0, 0.05) is 5.56 Å². The summed E-state index contributed by atoms with van der Waals surface area (Å²) in [4.78, 5) is 11.2. The maximum Gasteiger partial charge on any atom is 0.339 e. The van der Waals surface area contributed by atoms with Crippen LogP contribution in [0.5, 0.6) is 23.0 Å². The molecular weight excluding hydrogens is 384 g/mol. The Bertz CT molecular complexity index is 872. The Morgan fingerprint density at radius 3 is 2.23 bits per heavy atom. The molecule has 0 aromatic heterocycles. The molecule has 2 rings (SSSR count). The predicted molar refractivity (Wildman–Crippen MR) is 116 cm³/mol. The van der Waals surface area contributed by atoms with Crippen molar-refractivity contribution in [1.29, 1.82) is 0 Å². The Morgan fingerprint density at radius 1 is 0.933 bits per heavy atom. The second-order valence-corrected chi connectivity index (χ2v) is 7.98. The van der Waals surface area contributed by atoms with Crippen LogP contribution in [-0.2, 0) is 19.3 Å². The van der Waals surface area contributed by atoms with Gasteiger partial charge in [0.15, 0.2) is 11.5 Å². The fourth-order valence-electron chi connectivity index (χ4n) is 3.49. The summed E-state index contributed by atoms with van der Waals surface area (Å²) in [6, 6.07) is 6.66. The average Bonchev–Trinajstić information content (AvgIpc) is 2.68. The highest BCUT2D eigenvalue weighted by Gasteiger charge is 2.17. The molecule has 2 aromatic rings. The van der Waals surface area contributed by atoms with E-state index in [-0.39, 0.29) is 22.8 Å². The maximum absolute atomic E-state index is 11.2. The smallest absolute Gasteiger partial charge is 0.339 e. The maximum atomic E-state index is 11.2. The molecule has 0 radical (unpaired) electrons. The Balaban J connectivity index is 1.94. The normalized spacial score (nSPS) is 11.1. The lowest BCUT2D eigenvalue weighted by Gasteiger charge is -2.14. The van der Waals surface area contributed by atoms with Crippen LogP contribution in [0.3, 0.4) is 0 Å². The summed E-state index contributed by atoms with van der Waals surface area (Å²) in [5, 5.41) is 39.9. The molecular formula is C24H32O6. The topological polar surface area (TPSA) is 107 Å². The van der Waals surface area contributed by atoms with Crippen molar-refractivity contribution in [3.05, 3.63) is 46.5 Å². The molecule has 0 aliphatic heterocycles. The van der Waals surface area contributed by atoms with Gasteiger partial charge in [0.25, 0.3) is 0 Å². The zero-order chi connectivity index (χ0) is 22.3. The lowest BCUT2D eigenvalue weighted by Crippen LogP contribution is -2.05. The molecule has 0 atom stereocenters. The SMILES string of the molecule is CCCc1c(OCCCCc2ccc(CC(C)C)c(O)c2O)ccc(C(=O)O)c1O. The molecule has 0 amide bonds. The molecule has 2 aromatic carbocycles. The summed E-state index contributed by atoms with van der Waals surface area (Å²) >= 11 is 0. The third-order valence-electron chi connectivity index (χ3n) is 5.01. The van der Waals surface area contributed by atoms with Crippen molar-refractivity contribution in [3.8, 4) is 23.0 Å². The number of aromatic carboxylic acids is 1. The lowest BCUT2D eigenvalue weighted by molar-refractivity contribution is 0.0693. The molecule has 0 spiro atoms. The highest BCUT2D eigenvalue weighted by Crippen LogP contribution is 2.35. The minimum absolute atomic E-state index is 0.0318. The molecule has 30 heavy (non-hydrogen) atoms. The molecule has 0 bridgehead atoms. The van der Waals surface area contributed by atoms with Crippen LogP contribution in [0.25, 0.3) is 0 Å². The summed E-state index contributed by atoms with van der Waals surface area (Å²) in [6.07, 6.45) is 4.05. The minimum Gasteiger partial charge on any atom is -0.507 e. The molecule has 0 unspecified atom stereocenters. The Morgan fingerprint density at radius 2 is 1.60 bits per heavy atom. The van der Waals surface area contributed by atoms with E-state index in [1.807, 2.05) is 19.1 Å². The fourth-order valence-corrected chi connectivity index (χ4v) is 3.49. The first-order chi connectivity index (χ1) is 14.3. The van der Waals surface area contributed by atoms with Gasteiger partial charge in [-0.15, -0.1) is 0 Å². The molecule has 0 aliphatic carbocycles. The van der Waals surface area contributed by atoms with Gasteiger partial charge in [-0.05, 0) is 61.3 Å². The number of hydrogen-bond donors (Lipinski definition) is 4. The second-order valence-electron chi connectivity index (χ2n) is 7.98. The Hall–Kier alpha value is -2.89. The Kier molecular flexibility index (Phi) is 8.39. The standard InChI is InChI=1S/C24H32O6/c1-4-7-18-20(12-11-19(23(18)27)24(28)29)30-13-6-5-8-16-9-10-17(14-15(2)3)22(26)21(16)25/h9-12,15,25-27H,4-8,13-14H2,1-3H3,(H,28,29). The number of carboxylic acid groups (broad SMARTS) is 1. The highest BCUT2D eigenvalue weighted by molar-refractivity contribution is 5.91. The number of unbranched alkanes of at least 4 members (excludes halogenated alkanes) is 1. The molecule has 0 fully saturated rings. The van der Waals surface area contributed by atoms with E-state index in [9.17, 15) is 20.1 Å². The van der Waals surface area contributed by atoms with Crippen molar-refractivity contribution in [2.45, 2.75) is 59.3 Å². The molecule has 164 valence electrons. The van der Waals surface area contributed by atoms with Crippen molar-refractivity contribution in [3.63, 3.8) is 0 Å².